The molecule has 1 amide bonds. The summed E-state index contributed by atoms with van der Waals surface area (Å²) < 4.78 is 32.7. The second-order valence-electron chi connectivity index (χ2n) is 6.06. The van der Waals surface area contributed by atoms with E-state index in [9.17, 15) is 13.2 Å². The smallest absolute Gasteiger partial charge is 0.257 e. The minimum atomic E-state index is -3.64. The van der Waals surface area contributed by atoms with Crippen LogP contribution in [-0.2, 0) is 21.4 Å². The Morgan fingerprint density at radius 3 is 2.57 bits per heavy atom. The van der Waals surface area contributed by atoms with Gasteiger partial charge >= 0.3 is 0 Å². The summed E-state index contributed by atoms with van der Waals surface area (Å²) in [4.78, 5) is 15.9. The normalized spacial score (nSPS) is 11.2. The number of amides is 1. The number of rotatable bonds is 11. The molecule has 3 rings (SSSR count). The number of aromatic amines is 1. The number of hydrogen-bond donors (Lipinski definition) is 3. The molecule has 0 bridgehead atoms. The Labute approximate surface area is 178 Å². The number of ether oxygens (including phenoxy) is 1. The molecular weight excluding hydrogens is 426 g/mol. The van der Waals surface area contributed by atoms with Crippen molar-refractivity contribution in [3.8, 4) is 5.75 Å². The maximum absolute atomic E-state index is 12.4. The van der Waals surface area contributed by atoms with Gasteiger partial charge in [-0.3, -0.25) is 9.89 Å². The van der Waals surface area contributed by atoms with E-state index in [1.54, 1.807) is 0 Å². The number of nitrogens with one attached hydrogen (secondary N) is 3. The van der Waals surface area contributed by atoms with Gasteiger partial charge in [0.05, 0.1) is 4.90 Å². The predicted octanol–water partition coefficient (Wildman–Crippen LogP) is 1.57. The van der Waals surface area contributed by atoms with Crippen LogP contribution in [-0.4, -0.2) is 48.4 Å². The van der Waals surface area contributed by atoms with Gasteiger partial charge in [0, 0.05) is 18.8 Å². The number of sulfonamides is 1. The summed E-state index contributed by atoms with van der Waals surface area (Å²) in [6.45, 7) is 0.499. The van der Waals surface area contributed by atoms with E-state index in [1.807, 2.05) is 30.3 Å². The Morgan fingerprint density at radius 2 is 1.87 bits per heavy atom. The largest absolute Gasteiger partial charge is 0.484 e. The lowest BCUT2D eigenvalue weighted by atomic mass is 10.2. The van der Waals surface area contributed by atoms with Crippen LogP contribution in [0.1, 0.15) is 5.56 Å². The number of H-pyrrole nitrogens is 1. The van der Waals surface area contributed by atoms with Crippen LogP contribution in [0, 0.1) is 0 Å². The molecule has 1 heterocycles. The van der Waals surface area contributed by atoms with E-state index in [0.29, 0.717) is 23.2 Å². The number of benzene rings is 2. The predicted molar refractivity (Wildman–Crippen MR) is 113 cm³/mol. The summed E-state index contributed by atoms with van der Waals surface area (Å²) >= 11 is 1.44. The summed E-state index contributed by atoms with van der Waals surface area (Å²) in [5, 5.41) is 9.88. The quantitative estimate of drug-likeness (QED) is 0.301. The van der Waals surface area contributed by atoms with Gasteiger partial charge in [-0.1, -0.05) is 42.1 Å². The third kappa shape index (κ3) is 6.87. The van der Waals surface area contributed by atoms with Crippen molar-refractivity contribution in [1.82, 2.24) is 25.2 Å². The number of carbonyl (C=O) groups is 1. The average Bonchev–Trinajstić information content (AvgIpc) is 3.29. The first kappa shape index (κ1) is 21.8. The maximum Gasteiger partial charge on any atom is 0.257 e. The first-order valence-electron chi connectivity index (χ1n) is 9.04. The molecule has 1 aromatic heterocycles. The standard InChI is InChI=1S/C19H21N5O4S2/c25-18(20-10-11-29-19-21-14-22-24-19)13-28-16-6-8-17(9-7-16)30(26,27)23-12-15-4-2-1-3-5-15/h1-9,14,23H,10-13H2,(H,20,25)(H,21,22,24). The van der Waals surface area contributed by atoms with Gasteiger partial charge in [0.2, 0.25) is 10.0 Å². The third-order valence-electron chi connectivity index (χ3n) is 3.87. The van der Waals surface area contributed by atoms with Crippen molar-refractivity contribution >= 4 is 27.7 Å². The lowest BCUT2D eigenvalue weighted by Crippen LogP contribution is -2.30. The van der Waals surface area contributed by atoms with Gasteiger partial charge in [-0.2, -0.15) is 5.10 Å². The zero-order valence-corrected chi connectivity index (χ0v) is 17.6. The van der Waals surface area contributed by atoms with Crippen LogP contribution in [0.2, 0.25) is 0 Å². The maximum atomic E-state index is 12.4. The summed E-state index contributed by atoms with van der Waals surface area (Å²) in [6.07, 6.45) is 1.42. The molecular formula is C19H21N5O4S2. The first-order valence-corrected chi connectivity index (χ1v) is 11.5. The fraction of sp³-hybridized carbons (Fsp3) is 0.211. The molecule has 11 heteroatoms. The van der Waals surface area contributed by atoms with Crippen LogP contribution in [0.3, 0.4) is 0 Å². The van der Waals surface area contributed by atoms with Crippen LogP contribution in [0.5, 0.6) is 5.75 Å². The molecule has 0 unspecified atom stereocenters. The molecule has 0 fully saturated rings. The van der Waals surface area contributed by atoms with Gasteiger partial charge in [-0.15, -0.1) is 0 Å². The first-order chi connectivity index (χ1) is 14.5. The lowest BCUT2D eigenvalue weighted by Gasteiger charge is -2.09. The Morgan fingerprint density at radius 1 is 1.10 bits per heavy atom. The molecule has 0 saturated carbocycles. The highest BCUT2D eigenvalue weighted by Gasteiger charge is 2.14. The van der Waals surface area contributed by atoms with E-state index in [4.69, 9.17) is 4.74 Å². The van der Waals surface area contributed by atoms with E-state index in [1.165, 1.54) is 42.4 Å². The number of carbonyl (C=O) groups excluding carboxylic acids is 1. The molecule has 0 aliphatic heterocycles. The van der Waals surface area contributed by atoms with E-state index in [-0.39, 0.29) is 24.0 Å². The fourth-order valence-corrected chi connectivity index (χ4v) is 4.03. The lowest BCUT2D eigenvalue weighted by molar-refractivity contribution is -0.122. The molecule has 0 saturated heterocycles. The van der Waals surface area contributed by atoms with Crippen LogP contribution in [0.15, 0.2) is 71.0 Å². The van der Waals surface area contributed by atoms with Gasteiger partial charge in [0.1, 0.15) is 12.1 Å². The summed E-state index contributed by atoms with van der Waals surface area (Å²) in [7, 11) is -3.64. The molecule has 0 aliphatic rings. The molecule has 0 radical (unpaired) electrons. The zero-order valence-electron chi connectivity index (χ0n) is 15.9. The molecule has 158 valence electrons. The van der Waals surface area contributed by atoms with Crippen LogP contribution in [0.25, 0.3) is 0 Å². The Bertz CT molecular complexity index is 1030. The second kappa shape index (κ2) is 10.8. The third-order valence-corrected chi connectivity index (χ3v) is 6.16. The Balaban J connectivity index is 1.40. The molecule has 0 aliphatic carbocycles. The summed E-state index contributed by atoms with van der Waals surface area (Å²) in [6, 6.07) is 15.2. The number of thioether (sulfide) groups is 1. The fourth-order valence-electron chi connectivity index (χ4n) is 2.37. The van der Waals surface area contributed by atoms with Gasteiger partial charge in [0.15, 0.2) is 11.8 Å². The van der Waals surface area contributed by atoms with Crippen molar-refractivity contribution in [2.75, 3.05) is 18.9 Å². The zero-order chi connectivity index (χ0) is 21.2. The number of aromatic nitrogens is 3. The topological polar surface area (TPSA) is 126 Å². The molecule has 0 spiro atoms. The second-order valence-corrected chi connectivity index (χ2v) is 8.91. The van der Waals surface area contributed by atoms with Crippen molar-refractivity contribution in [2.45, 2.75) is 16.6 Å². The molecule has 0 atom stereocenters. The van der Waals surface area contributed by atoms with Crippen LogP contribution in [0.4, 0.5) is 0 Å². The minimum Gasteiger partial charge on any atom is -0.484 e. The van der Waals surface area contributed by atoms with Crippen molar-refractivity contribution < 1.29 is 17.9 Å². The monoisotopic (exact) mass is 447 g/mol. The average molecular weight is 448 g/mol. The Hall–Kier alpha value is -2.89. The summed E-state index contributed by atoms with van der Waals surface area (Å²) in [5.41, 5.74) is 0.867. The summed E-state index contributed by atoms with van der Waals surface area (Å²) in [5.74, 6) is 0.779. The van der Waals surface area contributed by atoms with E-state index < -0.39 is 10.0 Å². The van der Waals surface area contributed by atoms with Gasteiger partial charge in [0.25, 0.3) is 5.91 Å². The Kier molecular flexibility index (Phi) is 7.82. The van der Waals surface area contributed by atoms with Crippen LogP contribution < -0.4 is 14.8 Å². The molecule has 3 N–H and O–H groups in total. The minimum absolute atomic E-state index is 0.125. The van der Waals surface area contributed by atoms with Crippen molar-refractivity contribution in [2.24, 2.45) is 0 Å². The SMILES string of the molecule is O=C(COc1ccc(S(=O)(=O)NCc2ccccc2)cc1)NCCSc1ncn[nH]1. The molecule has 3 aromatic rings. The molecule has 30 heavy (non-hydrogen) atoms. The molecule has 2 aromatic carbocycles. The molecule has 9 nitrogen and oxygen atoms in total. The van der Waals surface area contributed by atoms with Crippen molar-refractivity contribution in [3.05, 3.63) is 66.5 Å². The van der Waals surface area contributed by atoms with E-state index >= 15 is 0 Å². The van der Waals surface area contributed by atoms with Crippen LogP contribution >= 0.6 is 11.8 Å². The highest BCUT2D eigenvalue weighted by molar-refractivity contribution is 7.99. The van der Waals surface area contributed by atoms with E-state index in [2.05, 4.69) is 25.2 Å². The van der Waals surface area contributed by atoms with Crippen molar-refractivity contribution in [1.29, 1.82) is 0 Å². The number of nitrogens with zero attached hydrogens (tertiary/aromatic N) is 2. The van der Waals surface area contributed by atoms with Crippen molar-refractivity contribution in [3.63, 3.8) is 0 Å². The highest BCUT2D eigenvalue weighted by atomic mass is 32.2. The van der Waals surface area contributed by atoms with Gasteiger partial charge in [-0.05, 0) is 29.8 Å². The number of hydrogen-bond acceptors (Lipinski definition) is 7. The van der Waals surface area contributed by atoms with Gasteiger partial charge < -0.3 is 10.1 Å². The van der Waals surface area contributed by atoms with E-state index in [0.717, 1.165) is 5.56 Å². The van der Waals surface area contributed by atoms with Gasteiger partial charge in [-0.25, -0.2) is 18.1 Å². The highest BCUT2D eigenvalue weighted by Crippen LogP contribution is 2.16.